The number of carbonyl (C=O) groups is 1. The maximum Gasteiger partial charge on any atom is 0.303 e. The normalized spacial score (nSPS) is 26.9. The maximum absolute atomic E-state index is 10.7. The highest BCUT2D eigenvalue weighted by Crippen LogP contribution is 2.36. The van der Waals surface area contributed by atoms with Crippen LogP contribution in [0.1, 0.15) is 77.6 Å². The Morgan fingerprint density at radius 3 is 2.52 bits per heavy atom. The first kappa shape index (κ1) is 25.6. The third kappa shape index (κ3) is 9.75. The number of hydrogen-bond donors (Lipinski definition) is 4. The Kier molecular flexibility index (Phi) is 12.1. The SMILES string of the molecule is C=CC(O)(CC=C[C@@H]1[C@@H](CC=CCCCC(=O)O)[C@@H](O)C[C@H]1O)CCCCCC. The zero-order valence-corrected chi connectivity index (χ0v) is 17.9. The summed E-state index contributed by atoms with van der Waals surface area (Å²) in [5, 5.41) is 40.0. The van der Waals surface area contributed by atoms with Gasteiger partial charge in [0.15, 0.2) is 0 Å². The Balaban J connectivity index is 2.55. The zero-order valence-electron chi connectivity index (χ0n) is 17.9. The van der Waals surface area contributed by atoms with E-state index in [1.165, 1.54) is 6.42 Å². The second kappa shape index (κ2) is 13.7. The maximum atomic E-state index is 10.7. The molecule has 0 heterocycles. The number of carboxylic acid groups (broad SMARTS) is 1. The van der Waals surface area contributed by atoms with Crippen molar-refractivity contribution in [2.45, 2.75) is 95.4 Å². The van der Waals surface area contributed by atoms with Crippen LogP contribution in [0.3, 0.4) is 0 Å². The summed E-state index contributed by atoms with van der Waals surface area (Å²) in [6, 6.07) is 0. The first-order valence-corrected chi connectivity index (χ1v) is 11.1. The molecule has 0 spiro atoms. The lowest BCUT2D eigenvalue weighted by atomic mass is 9.88. The Hall–Kier alpha value is -1.43. The third-order valence-corrected chi connectivity index (χ3v) is 5.93. The number of hydrogen-bond acceptors (Lipinski definition) is 4. The molecule has 0 aliphatic heterocycles. The van der Waals surface area contributed by atoms with Gasteiger partial charge in [-0.25, -0.2) is 0 Å². The molecule has 1 saturated carbocycles. The molecule has 0 radical (unpaired) electrons. The molecule has 29 heavy (non-hydrogen) atoms. The van der Waals surface area contributed by atoms with Crippen molar-refractivity contribution in [2.75, 3.05) is 0 Å². The van der Waals surface area contributed by atoms with Gasteiger partial charge in [-0.2, -0.15) is 0 Å². The molecule has 0 aromatic heterocycles. The fraction of sp³-hybridized carbons (Fsp3) is 0.708. The van der Waals surface area contributed by atoms with Gasteiger partial charge in [0.25, 0.3) is 0 Å². The highest BCUT2D eigenvalue weighted by Gasteiger charge is 2.39. The summed E-state index contributed by atoms with van der Waals surface area (Å²) in [7, 11) is 0. The van der Waals surface area contributed by atoms with Gasteiger partial charge in [-0.15, -0.1) is 6.58 Å². The molecule has 1 unspecified atom stereocenters. The third-order valence-electron chi connectivity index (χ3n) is 5.93. The van der Waals surface area contributed by atoms with Crippen LogP contribution < -0.4 is 0 Å². The Morgan fingerprint density at radius 1 is 1.10 bits per heavy atom. The van der Waals surface area contributed by atoms with Gasteiger partial charge < -0.3 is 20.4 Å². The van der Waals surface area contributed by atoms with Gasteiger partial charge in [0.1, 0.15) is 0 Å². The molecule has 5 nitrogen and oxygen atoms in total. The van der Waals surface area contributed by atoms with Crippen LogP contribution in [0.4, 0.5) is 0 Å². The molecule has 1 rings (SSSR count). The summed E-state index contributed by atoms with van der Waals surface area (Å²) < 4.78 is 0. The van der Waals surface area contributed by atoms with Gasteiger partial charge in [0.2, 0.25) is 0 Å². The number of aliphatic carboxylic acids is 1. The average molecular weight is 409 g/mol. The summed E-state index contributed by atoms with van der Waals surface area (Å²) in [6.45, 7) is 5.94. The molecular formula is C24H40O5. The van der Waals surface area contributed by atoms with Crippen molar-refractivity contribution in [1.29, 1.82) is 0 Å². The van der Waals surface area contributed by atoms with Crippen molar-refractivity contribution in [2.24, 2.45) is 11.8 Å². The minimum atomic E-state index is -0.925. The van der Waals surface area contributed by atoms with E-state index in [-0.39, 0.29) is 18.3 Å². The molecule has 5 heteroatoms. The van der Waals surface area contributed by atoms with Crippen LogP contribution in [-0.2, 0) is 4.79 Å². The molecule has 1 fully saturated rings. The van der Waals surface area contributed by atoms with E-state index in [1.54, 1.807) is 6.08 Å². The number of rotatable bonds is 15. The van der Waals surface area contributed by atoms with Gasteiger partial charge in [0, 0.05) is 18.8 Å². The van der Waals surface area contributed by atoms with Crippen molar-refractivity contribution in [1.82, 2.24) is 0 Å². The van der Waals surface area contributed by atoms with E-state index in [0.717, 1.165) is 19.3 Å². The molecule has 0 bridgehead atoms. The summed E-state index contributed by atoms with van der Waals surface area (Å²) >= 11 is 0. The van der Waals surface area contributed by atoms with Crippen LogP contribution in [0.2, 0.25) is 0 Å². The van der Waals surface area contributed by atoms with Crippen LogP contribution in [0.15, 0.2) is 37.0 Å². The second-order valence-electron chi connectivity index (χ2n) is 8.36. The lowest BCUT2D eigenvalue weighted by Crippen LogP contribution is -2.25. The topological polar surface area (TPSA) is 98.0 Å². The van der Waals surface area contributed by atoms with Crippen LogP contribution in [0, 0.1) is 11.8 Å². The van der Waals surface area contributed by atoms with Crippen LogP contribution in [-0.4, -0.2) is 44.2 Å². The fourth-order valence-electron chi connectivity index (χ4n) is 4.02. The van der Waals surface area contributed by atoms with Crippen LogP contribution in [0.25, 0.3) is 0 Å². The van der Waals surface area contributed by atoms with Gasteiger partial charge in [-0.05, 0) is 38.0 Å². The smallest absolute Gasteiger partial charge is 0.303 e. The minimum Gasteiger partial charge on any atom is -0.481 e. The van der Waals surface area contributed by atoms with Crippen molar-refractivity contribution in [3.8, 4) is 0 Å². The number of carboxylic acids is 1. The molecule has 0 saturated heterocycles. The predicted molar refractivity (Wildman–Crippen MR) is 117 cm³/mol. The molecule has 1 aliphatic rings. The standard InChI is InChI=1S/C24H40O5/c1-3-5-6-11-16-24(29,4-2)17-12-14-20-19(21(25)18-22(20)26)13-9-7-8-10-15-23(27)28/h4,7,9,12,14,19-22,25-26,29H,2-3,5-6,8,10-11,13,15-18H2,1H3,(H,27,28)/t19-,20-,21+,22-,24?/m1/s1. The molecule has 166 valence electrons. The predicted octanol–water partition coefficient (Wildman–Crippen LogP) is 4.38. The van der Waals surface area contributed by atoms with E-state index in [2.05, 4.69) is 13.5 Å². The van der Waals surface area contributed by atoms with Gasteiger partial charge >= 0.3 is 5.97 Å². The Bertz CT molecular complexity index is 541. The largest absolute Gasteiger partial charge is 0.481 e. The Morgan fingerprint density at radius 2 is 1.86 bits per heavy atom. The van der Waals surface area contributed by atoms with Gasteiger partial charge in [-0.3, -0.25) is 4.79 Å². The highest BCUT2D eigenvalue weighted by molar-refractivity contribution is 5.66. The van der Waals surface area contributed by atoms with Crippen molar-refractivity contribution >= 4 is 5.97 Å². The fourth-order valence-corrected chi connectivity index (χ4v) is 4.02. The van der Waals surface area contributed by atoms with Crippen LogP contribution >= 0.6 is 0 Å². The Labute approximate surface area is 175 Å². The monoisotopic (exact) mass is 408 g/mol. The number of aliphatic hydroxyl groups is 3. The van der Waals surface area contributed by atoms with Crippen LogP contribution in [0.5, 0.6) is 0 Å². The van der Waals surface area contributed by atoms with E-state index in [0.29, 0.717) is 38.5 Å². The van der Waals surface area contributed by atoms with E-state index in [1.807, 2.05) is 24.3 Å². The molecule has 0 aromatic carbocycles. The molecule has 0 amide bonds. The van der Waals surface area contributed by atoms with Gasteiger partial charge in [-0.1, -0.05) is 63.0 Å². The molecule has 1 aliphatic carbocycles. The lowest BCUT2D eigenvalue weighted by molar-refractivity contribution is -0.137. The minimum absolute atomic E-state index is 0.0710. The second-order valence-corrected chi connectivity index (χ2v) is 8.36. The number of unbranched alkanes of at least 4 members (excludes halogenated alkanes) is 4. The number of allylic oxidation sites excluding steroid dienone is 2. The lowest BCUT2D eigenvalue weighted by Gasteiger charge is -2.24. The van der Waals surface area contributed by atoms with E-state index < -0.39 is 23.8 Å². The average Bonchev–Trinajstić information content (AvgIpc) is 2.94. The molecular weight excluding hydrogens is 368 g/mol. The summed E-state index contributed by atoms with van der Waals surface area (Å²) in [4.78, 5) is 10.5. The first-order valence-electron chi connectivity index (χ1n) is 11.1. The summed E-state index contributed by atoms with van der Waals surface area (Å²) in [5.41, 5.74) is -0.925. The first-order chi connectivity index (χ1) is 13.8. The van der Waals surface area contributed by atoms with E-state index >= 15 is 0 Å². The van der Waals surface area contributed by atoms with Crippen molar-refractivity contribution in [3.63, 3.8) is 0 Å². The summed E-state index contributed by atoms with van der Waals surface area (Å²) in [6.07, 6.45) is 16.2. The molecule has 4 N–H and O–H groups in total. The van der Waals surface area contributed by atoms with E-state index in [4.69, 9.17) is 5.11 Å². The highest BCUT2D eigenvalue weighted by atomic mass is 16.4. The number of aliphatic hydroxyl groups excluding tert-OH is 2. The van der Waals surface area contributed by atoms with Crippen molar-refractivity contribution in [3.05, 3.63) is 37.0 Å². The summed E-state index contributed by atoms with van der Waals surface area (Å²) in [5.74, 6) is -1.01. The molecule has 5 atom stereocenters. The van der Waals surface area contributed by atoms with Crippen molar-refractivity contribution < 1.29 is 25.2 Å². The quantitative estimate of drug-likeness (QED) is 0.238. The van der Waals surface area contributed by atoms with E-state index in [9.17, 15) is 20.1 Å². The van der Waals surface area contributed by atoms with Gasteiger partial charge in [0.05, 0.1) is 17.8 Å². The zero-order chi connectivity index (χ0) is 21.7. The molecule has 0 aromatic rings.